The van der Waals surface area contributed by atoms with Gasteiger partial charge in [0, 0.05) is 12.1 Å². The van der Waals surface area contributed by atoms with Crippen molar-refractivity contribution in [3.05, 3.63) is 58.3 Å². The Kier molecular flexibility index (Phi) is 4.58. The first-order valence-corrected chi connectivity index (χ1v) is 6.88. The number of carboxylic acids is 1. The van der Waals surface area contributed by atoms with Crippen LogP contribution in [0.2, 0.25) is 0 Å². The monoisotopic (exact) mass is 285 g/mol. The van der Waals surface area contributed by atoms with Gasteiger partial charge in [-0.05, 0) is 49.6 Å². The second kappa shape index (κ2) is 6.39. The van der Waals surface area contributed by atoms with Crippen LogP contribution in [0, 0.1) is 20.8 Å². The molecule has 2 aromatic rings. The molecule has 1 aromatic heterocycles. The predicted octanol–water partition coefficient (Wildman–Crippen LogP) is 3.33. The van der Waals surface area contributed by atoms with Gasteiger partial charge in [0.15, 0.2) is 0 Å². The molecule has 0 radical (unpaired) electrons. The lowest BCUT2D eigenvalue weighted by atomic mass is 10.0. The van der Waals surface area contributed by atoms with Crippen LogP contribution in [0.3, 0.4) is 0 Å². The summed E-state index contributed by atoms with van der Waals surface area (Å²) in [6, 6.07) is 9.35. The van der Waals surface area contributed by atoms with Crippen LogP contribution in [0.15, 0.2) is 30.3 Å². The Labute approximate surface area is 124 Å². The quantitative estimate of drug-likeness (QED) is 0.915. The molecule has 1 aromatic carbocycles. The molecule has 0 unspecified atom stereocenters. The van der Waals surface area contributed by atoms with Crippen LogP contribution in [0.25, 0.3) is 0 Å². The molecule has 0 aliphatic heterocycles. The van der Waals surface area contributed by atoms with Gasteiger partial charge in [-0.3, -0.25) is 0 Å². The molecule has 0 saturated heterocycles. The molecule has 0 aliphatic carbocycles. The van der Waals surface area contributed by atoms with E-state index in [1.807, 2.05) is 13.0 Å². The molecule has 1 heterocycles. The minimum absolute atomic E-state index is 0.0992. The molecule has 0 aliphatic rings. The molecule has 4 heteroatoms. The van der Waals surface area contributed by atoms with Crippen LogP contribution in [-0.2, 0) is 6.42 Å². The minimum atomic E-state index is -1.02. The maximum atomic E-state index is 11.2. The van der Waals surface area contributed by atoms with E-state index in [1.165, 1.54) is 22.8 Å². The maximum Gasteiger partial charge on any atom is 0.341 e. The Hall–Kier alpha value is -2.36. The molecular formula is C17H19NO3. The molecule has 0 fully saturated rings. The van der Waals surface area contributed by atoms with E-state index >= 15 is 0 Å². The molecule has 0 bridgehead atoms. The number of aromatic carboxylic acids is 1. The van der Waals surface area contributed by atoms with Crippen LogP contribution in [-0.4, -0.2) is 22.7 Å². The van der Waals surface area contributed by atoms with Gasteiger partial charge in [-0.15, -0.1) is 0 Å². The van der Waals surface area contributed by atoms with E-state index in [2.05, 4.69) is 31.0 Å². The van der Waals surface area contributed by atoms with Crippen molar-refractivity contribution in [1.29, 1.82) is 0 Å². The fourth-order valence-corrected chi connectivity index (χ4v) is 2.30. The normalized spacial score (nSPS) is 10.4. The summed E-state index contributed by atoms with van der Waals surface area (Å²) in [4.78, 5) is 15.3. The zero-order valence-electron chi connectivity index (χ0n) is 12.5. The van der Waals surface area contributed by atoms with Gasteiger partial charge in [-0.2, -0.15) is 0 Å². The lowest BCUT2D eigenvalue weighted by Crippen LogP contribution is -2.09. The third kappa shape index (κ3) is 3.60. The van der Waals surface area contributed by atoms with Crippen LogP contribution in [0.4, 0.5) is 0 Å². The molecule has 21 heavy (non-hydrogen) atoms. The van der Waals surface area contributed by atoms with Gasteiger partial charge in [0.25, 0.3) is 0 Å². The first kappa shape index (κ1) is 15.0. The van der Waals surface area contributed by atoms with Crippen molar-refractivity contribution < 1.29 is 14.6 Å². The molecule has 1 N–H and O–H groups in total. The summed E-state index contributed by atoms with van der Waals surface area (Å²) in [6.45, 7) is 6.35. The summed E-state index contributed by atoms with van der Waals surface area (Å²) in [5.41, 5.74) is 4.51. The van der Waals surface area contributed by atoms with Crippen molar-refractivity contribution in [2.75, 3.05) is 6.61 Å². The summed E-state index contributed by atoms with van der Waals surface area (Å²) in [5.74, 6) is -0.835. The van der Waals surface area contributed by atoms with E-state index in [0.717, 1.165) is 12.1 Å². The maximum absolute atomic E-state index is 11.2. The highest BCUT2D eigenvalue weighted by molar-refractivity contribution is 5.90. The Bertz CT molecular complexity index is 645. The Morgan fingerprint density at radius 3 is 2.43 bits per heavy atom. The summed E-state index contributed by atoms with van der Waals surface area (Å²) >= 11 is 0. The van der Waals surface area contributed by atoms with Gasteiger partial charge in [-0.25, -0.2) is 9.78 Å². The number of hydrogen-bond donors (Lipinski definition) is 1. The van der Waals surface area contributed by atoms with Crippen LogP contribution in [0.1, 0.15) is 32.7 Å². The largest absolute Gasteiger partial charge is 0.477 e. The van der Waals surface area contributed by atoms with E-state index in [-0.39, 0.29) is 11.4 Å². The third-order valence-corrected chi connectivity index (χ3v) is 3.47. The predicted molar refractivity (Wildman–Crippen MR) is 81.0 cm³/mol. The van der Waals surface area contributed by atoms with Gasteiger partial charge in [0.1, 0.15) is 5.56 Å². The summed E-state index contributed by atoms with van der Waals surface area (Å²) < 4.78 is 5.60. The summed E-state index contributed by atoms with van der Waals surface area (Å²) in [6.07, 6.45) is 0.729. The van der Waals surface area contributed by atoms with Crippen molar-refractivity contribution in [3.8, 4) is 5.88 Å². The van der Waals surface area contributed by atoms with Crippen LogP contribution in [0.5, 0.6) is 5.88 Å². The molecule has 0 spiro atoms. The third-order valence-electron chi connectivity index (χ3n) is 3.47. The molecule has 2 rings (SSSR count). The number of benzene rings is 1. The topological polar surface area (TPSA) is 59.4 Å². The number of carboxylic acid groups (broad SMARTS) is 1. The van der Waals surface area contributed by atoms with Crippen molar-refractivity contribution in [1.82, 2.24) is 4.98 Å². The number of pyridine rings is 1. The molecule has 0 amide bonds. The zero-order valence-corrected chi connectivity index (χ0v) is 12.5. The highest BCUT2D eigenvalue weighted by Crippen LogP contribution is 2.18. The van der Waals surface area contributed by atoms with Gasteiger partial charge in [0.2, 0.25) is 5.88 Å². The fourth-order valence-electron chi connectivity index (χ4n) is 2.30. The van der Waals surface area contributed by atoms with Crippen molar-refractivity contribution in [2.45, 2.75) is 27.2 Å². The van der Waals surface area contributed by atoms with E-state index in [1.54, 1.807) is 6.07 Å². The van der Waals surface area contributed by atoms with Gasteiger partial charge in [-0.1, -0.05) is 18.2 Å². The van der Waals surface area contributed by atoms with Gasteiger partial charge >= 0.3 is 5.97 Å². The number of rotatable bonds is 5. The number of ether oxygens (including phenoxy) is 1. The highest BCUT2D eigenvalue weighted by Gasteiger charge is 2.13. The van der Waals surface area contributed by atoms with E-state index in [0.29, 0.717) is 6.61 Å². The number of hydrogen-bond acceptors (Lipinski definition) is 3. The van der Waals surface area contributed by atoms with Crippen molar-refractivity contribution in [3.63, 3.8) is 0 Å². The molecule has 110 valence electrons. The number of aromatic nitrogens is 1. The molecule has 0 atom stereocenters. The highest BCUT2D eigenvalue weighted by atomic mass is 16.5. The van der Waals surface area contributed by atoms with Gasteiger partial charge < -0.3 is 9.84 Å². The zero-order chi connectivity index (χ0) is 15.4. The van der Waals surface area contributed by atoms with E-state index in [4.69, 9.17) is 9.84 Å². The average Bonchev–Trinajstić information content (AvgIpc) is 2.42. The molecule has 4 nitrogen and oxygen atoms in total. The Morgan fingerprint density at radius 2 is 1.81 bits per heavy atom. The standard InChI is InChI=1S/C17H19NO3/c1-11-5-4-6-12(2)14(11)9-10-21-16-15(17(19)20)8-7-13(3)18-16/h4-8H,9-10H2,1-3H3,(H,19,20). The Morgan fingerprint density at radius 1 is 1.14 bits per heavy atom. The second-order valence-corrected chi connectivity index (χ2v) is 5.08. The van der Waals surface area contributed by atoms with Crippen molar-refractivity contribution in [2.24, 2.45) is 0 Å². The number of carbonyl (C=O) groups is 1. The van der Waals surface area contributed by atoms with E-state index in [9.17, 15) is 4.79 Å². The molecule has 0 saturated carbocycles. The first-order valence-electron chi connectivity index (χ1n) is 6.88. The fraction of sp³-hybridized carbons (Fsp3) is 0.294. The first-order chi connectivity index (χ1) is 9.99. The minimum Gasteiger partial charge on any atom is -0.477 e. The van der Waals surface area contributed by atoms with Crippen molar-refractivity contribution >= 4 is 5.97 Å². The summed E-state index contributed by atoms with van der Waals surface area (Å²) in [5, 5.41) is 9.14. The lowest BCUT2D eigenvalue weighted by Gasteiger charge is -2.12. The number of nitrogens with zero attached hydrogens (tertiary/aromatic N) is 1. The number of aryl methyl sites for hydroxylation is 3. The van der Waals surface area contributed by atoms with Gasteiger partial charge in [0.05, 0.1) is 6.61 Å². The lowest BCUT2D eigenvalue weighted by molar-refractivity contribution is 0.0691. The van der Waals surface area contributed by atoms with E-state index < -0.39 is 5.97 Å². The molecular weight excluding hydrogens is 266 g/mol. The summed E-state index contributed by atoms with van der Waals surface area (Å²) in [7, 11) is 0. The van der Waals surface area contributed by atoms with Crippen LogP contribution >= 0.6 is 0 Å². The SMILES string of the molecule is Cc1ccc(C(=O)O)c(OCCc2c(C)cccc2C)n1. The Balaban J connectivity index is 2.10. The average molecular weight is 285 g/mol. The smallest absolute Gasteiger partial charge is 0.341 e. The van der Waals surface area contributed by atoms with Crippen LogP contribution < -0.4 is 4.74 Å². The second-order valence-electron chi connectivity index (χ2n) is 5.08.